The number of rotatable bonds is 1. The first-order chi connectivity index (χ1) is 11.1. The Labute approximate surface area is 144 Å². The third-order valence-corrected chi connectivity index (χ3v) is 6.18. The second-order valence-corrected chi connectivity index (χ2v) is 8.08. The van der Waals surface area contributed by atoms with Crippen molar-refractivity contribution in [2.45, 2.75) is 43.9 Å². The zero-order valence-electron chi connectivity index (χ0n) is 12.9. The Morgan fingerprint density at radius 1 is 1.39 bits per heavy atom. The molecule has 1 fully saturated rings. The number of nitrogens with one attached hydrogen (secondary N) is 1. The van der Waals surface area contributed by atoms with E-state index in [1.54, 1.807) is 23.7 Å². The van der Waals surface area contributed by atoms with Crippen molar-refractivity contribution in [1.82, 2.24) is 15.3 Å². The average molecular weight is 351 g/mol. The zero-order valence-corrected chi connectivity index (χ0v) is 14.5. The van der Waals surface area contributed by atoms with E-state index in [1.165, 1.54) is 10.4 Å². The summed E-state index contributed by atoms with van der Waals surface area (Å²) >= 11 is 7.93. The Hall–Kier alpha value is -1.21. The lowest BCUT2D eigenvalue weighted by Gasteiger charge is -2.46. The maximum atomic E-state index is 6.34. The van der Waals surface area contributed by atoms with Gasteiger partial charge in [0.25, 0.3) is 0 Å². The molecule has 2 aromatic rings. The molecule has 2 aliphatic rings. The smallest absolute Gasteiger partial charge is 0.219 e. The number of halogens is 1. The summed E-state index contributed by atoms with van der Waals surface area (Å²) in [6, 6.07) is 2.57. The van der Waals surface area contributed by atoms with Crippen molar-refractivity contribution >= 4 is 28.9 Å². The van der Waals surface area contributed by atoms with Crippen LogP contribution in [0.4, 0.5) is 5.95 Å². The predicted octanol–water partition coefficient (Wildman–Crippen LogP) is 3.05. The number of nitrogens with two attached hydrogens (primary N) is 1. The molecule has 3 atom stereocenters. The van der Waals surface area contributed by atoms with Crippen LogP contribution >= 0.6 is 22.9 Å². The van der Waals surface area contributed by atoms with Crippen LogP contribution in [0.5, 0.6) is 0 Å². The SMILES string of the molecule is CC1CC2(CC(c3cnc(N)nc3)N1)OCCc1cc(Cl)sc12. The second kappa shape index (κ2) is 5.70. The third kappa shape index (κ3) is 2.74. The predicted molar refractivity (Wildman–Crippen MR) is 91.7 cm³/mol. The number of anilines is 1. The molecule has 0 radical (unpaired) electrons. The minimum Gasteiger partial charge on any atom is -0.369 e. The first-order valence-electron chi connectivity index (χ1n) is 7.82. The van der Waals surface area contributed by atoms with Gasteiger partial charge in [0.1, 0.15) is 5.60 Å². The van der Waals surface area contributed by atoms with Crippen LogP contribution in [-0.4, -0.2) is 22.6 Å². The zero-order chi connectivity index (χ0) is 16.0. The highest BCUT2D eigenvalue weighted by atomic mass is 35.5. The molecule has 5 nitrogen and oxygen atoms in total. The van der Waals surface area contributed by atoms with Gasteiger partial charge in [0, 0.05) is 41.3 Å². The van der Waals surface area contributed by atoms with Gasteiger partial charge in [-0.15, -0.1) is 11.3 Å². The molecule has 3 unspecified atom stereocenters. The van der Waals surface area contributed by atoms with Crippen molar-refractivity contribution in [3.63, 3.8) is 0 Å². The Bertz CT molecular complexity index is 719. The molecule has 0 aliphatic carbocycles. The fourth-order valence-corrected chi connectivity index (χ4v) is 5.27. The lowest BCUT2D eigenvalue weighted by molar-refractivity contribution is -0.0954. The molecule has 0 amide bonds. The molecule has 0 saturated carbocycles. The summed E-state index contributed by atoms with van der Waals surface area (Å²) in [6.07, 6.45) is 6.35. The average Bonchev–Trinajstić information content (AvgIpc) is 2.90. The highest BCUT2D eigenvalue weighted by molar-refractivity contribution is 7.16. The summed E-state index contributed by atoms with van der Waals surface area (Å²) in [5, 5.41) is 3.63. The van der Waals surface area contributed by atoms with E-state index < -0.39 is 0 Å². The van der Waals surface area contributed by atoms with E-state index in [1.807, 2.05) is 0 Å². The summed E-state index contributed by atoms with van der Waals surface area (Å²) in [6.45, 7) is 2.94. The summed E-state index contributed by atoms with van der Waals surface area (Å²) in [5.74, 6) is 0.300. The topological polar surface area (TPSA) is 73.1 Å². The van der Waals surface area contributed by atoms with Crippen LogP contribution in [0.2, 0.25) is 4.34 Å². The summed E-state index contributed by atoms with van der Waals surface area (Å²) in [7, 11) is 0. The highest BCUT2D eigenvalue weighted by Gasteiger charge is 2.46. The van der Waals surface area contributed by atoms with Crippen molar-refractivity contribution in [3.8, 4) is 0 Å². The van der Waals surface area contributed by atoms with Crippen molar-refractivity contribution < 1.29 is 4.74 Å². The molecule has 4 rings (SSSR count). The van der Waals surface area contributed by atoms with Crippen LogP contribution < -0.4 is 11.1 Å². The van der Waals surface area contributed by atoms with E-state index in [4.69, 9.17) is 22.1 Å². The number of hydrogen-bond acceptors (Lipinski definition) is 6. The van der Waals surface area contributed by atoms with Gasteiger partial charge in [0.05, 0.1) is 10.9 Å². The Balaban J connectivity index is 1.71. The number of hydrogen-bond donors (Lipinski definition) is 2. The van der Waals surface area contributed by atoms with Crippen molar-refractivity contribution in [3.05, 3.63) is 38.8 Å². The van der Waals surface area contributed by atoms with E-state index in [0.717, 1.165) is 35.8 Å². The quantitative estimate of drug-likeness (QED) is 0.827. The molecule has 0 bridgehead atoms. The number of thiophene rings is 1. The van der Waals surface area contributed by atoms with Crippen LogP contribution in [0, 0.1) is 0 Å². The minimum absolute atomic E-state index is 0.145. The molecule has 2 aromatic heterocycles. The molecule has 7 heteroatoms. The molecule has 4 heterocycles. The van der Waals surface area contributed by atoms with Gasteiger partial charge in [0.15, 0.2) is 0 Å². The Kier molecular flexibility index (Phi) is 3.80. The van der Waals surface area contributed by atoms with Crippen LogP contribution in [0.3, 0.4) is 0 Å². The van der Waals surface area contributed by atoms with Gasteiger partial charge in [-0.25, -0.2) is 9.97 Å². The number of piperidine rings is 1. The summed E-state index contributed by atoms with van der Waals surface area (Å²) in [4.78, 5) is 9.55. The van der Waals surface area contributed by atoms with Gasteiger partial charge in [-0.1, -0.05) is 11.6 Å². The van der Waals surface area contributed by atoms with Crippen LogP contribution in [-0.2, 0) is 16.8 Å². The number of fused-ring (bicyclic) bond motifs is 2. The molecule has 2 aliphatic heterocycles. The molecular formula is C16H19ClN4OS. The van der Waals surface area contributed by atoms with E-state index in [2.05, 4.69) is 28.3 Å². The monoisotopic (exact) mass is 350 g/mol. The van der Waals surface area contributed by atoms with Crippen LogP contribution in [0.15, 0.2) is 18.5 Å². The third-order valence-electron chi connectivity index (χ3n) is 4.69. The molecule has 0 aromatic carbocycles. The van der Waals surface area contributed by atoms with E-state index in [9.17, 15) is 0 Å². The normalized spacial score (nSPS) is 30.3. The molecule has 23 heavy (non-hydrogen) atoms. The van der Waals surface area contributed by atoms with Crippen molar-refractivity contribution in [2.75, 3.05) is 12.3 Å². The van der Waals surface area contributed by atoms with Crippen molar-refractivity contribution in [2.24, 2.45) is 0 Å². The van der Waals surface area contributed by atoms with Crippen molar-refractivity contribution in [1.29, 1.82) is 0 Å². The minimum atomic E-state index is -0.262. The largest absolute Gasteiger partial charge is 0.369 e. The molecule has 122 valence electrons. The summed E-state index contributed by atoms with van der Waals surface area (Å²) < 4.78 is 7.18. The molecular weight excluding hydrogens is 332 g/mol. The standard InChI is InChI=1S/C16H19ClN4OS/c1-9-5-16(14-10(2-3-22-16)4-13(17)23-14)6-12(21-9)11-7-19-15(18)20-8-11/h4,7-9,12,21H,2-3,5-6H2,1H3,(H2,18,19,20). The number of nitrogen functional groups attached to an aromatic ring is 1. The first-order valence-corrected chi connectivity index (χ1v) is 9.01. The Morgan fingerprint density at radius 3 is 2.96 bits per heavy atom. The molecule has 1 spiro atoms. The Morgan fingerprint density at radius 2 is 2.17 bits per heavy atom. The maximum Gasteiger partial charge on any atom is 0.219 e. The van der Waals surface area contributed by atoms with Gasteiger partial charge in [0.2, 0.25) is 5.95 Å². The molecule has 1 saturated heterocycles. The van der Waals surface area contributed by atoms with Gasteiger partial charge in [-0.05, 0) is 31.4 Å². The van der Waals surface area contributed by atoms with Gasteiger partial charge >= 0.3 is 0 Å². The molecule has 3 N–H and O–H groups in total. The number of nitrogens with zero attached hydrogens (tertiary/aromatic N) is 2. The summed E-state index contributed by atoms with van der Waals surface area (Å²) in [5.41, 5.74) is 7.73. The lowest BCUT2D eigenvalue weighted by Crippen LogP contribution is -2.49. The van der Waals surface area contributed by atoms with Crippen LogP contribution in [0.1, 0.15) is 41.8 Å². The van der Waals surface area contributed by atoms with Gasteiger partial charge in [-0.2, -0.15) is 0 Å². The fourth-order valence-electron chi connectivity index (χ4n) is 3.80. The number of ether oxygens (including phenoxy) is 1. The highest BCUT2D eigenvalue weighted by Crippen LogP contribution is 2.49. The van der Waals surface area contributed by atoms with Gasteiger partial charge < -0.3 is 15.8 Å². The van der Waals surface area contributed by atoms with E-state index in [-0.39, 0.29) is 11.6 Å². The van der Waals surface area contributed by atoms with E-state index in [0.29, 0.717) is 12.0 Å². The number of aromatic nitrogens is 2. The van der Waals surface area contributed by atoms with Gasteiger partial charge in [-0.3, -0.25) is 0 Å². The van der Waals surface area contributed by atoms with Crippen LogP contribution in [0.25, 0.3) is 0 Å². The first kappa shape index (κ1) is 15.3. The lowest BCUT2D eigenvalue weighted by atomic mass is 9.78. The fraction of sp³-hybridized carbons (Fsp3) is 0.500. The van der Waals surface area contributed by atoms with E-state index >= 15 is 0 Å². The maximum absolute atomic E-state index is 6.34. The second-order valence-electron chi connectivity index (χ2n) is 6.40.